The molecule has 0 saturated carbocycles. The third-order valence-electron chi connectivity index (χ3n) is 2.93. The van der Waals surface area contributed by atoms with Crippen molar-refractivity contribution >= 4 is 15.8 Å². The average molecular weight is 271 g/mol. The van der Waals surface area contributed by atoms with Crippen LogP contribution in [0.3, 0.4) is 0 Å². The second kappa shape index (κ2) is 5.24. The summed E-state index contributed by atoms with van der Waals surface area (Å²) in [5.41, 5.74) is -0.134. The third kappa shape index (κ3) is 3.68. The molecule has 0 spiro atoms. The van der Waals surface area contributed by atoms with E-state index in [1.54, 1.807) is 13.1 Å². The van der Waals surface area contributed by atoms with Gasteiger partial charge in [-0.1, -0.05) is 20.8 Å². The number of aromatic nitrogens is 1. The van der Waals surface area contributed by atoms with Crippen LogP contribution in [0.1, 0.15) is 27.7 Å². The van der Waals surface area contributed by atoms with Crippen LogP contribution in [-0.2, 0) is 10.0 Å². The van der Waals surface area contributed by atoms with Gasteiger partial charge in [0.25, 0.3) is 0 Å². The Kier molecular flexibility index (Phi) is 4.34. The molecule has 0 bridgehead atoms. The molecule has 0 aliphatic rings. The zero-order valence-electron chi connectivity index (χ0n) is 11.5. The lowest BCUT2D eigenvalue weighted by atomic mass is 9.89. The van der Waals surface area contributed by atoms with Crippen LogP contribution < -0.4 is 10.0 Å². The van der Waals surface area contributed by atoms with Gasteiger partial charge in [0.05, 0.1) is 0 Å². The Morgan fingerprint density at radius 3 is 2.28 bits per heavy atom. The predicted octanol–water partition coefficient (Wildman–Crippen LogP) is 1.84. The van der Waals surface area contributed by atoms with Gasteiger partial charge in [0.1, 0.15) is 10.7 Å². The SMILES string of the molecule is CNc1ccc(S(=O)(=O)NC(C)C(C)(C)C)cn1. The fraction of sp³-hybridized carbons (Fsp3) is 0.583. The van der Waals surface area contributed by atoms with Crippen LogP contribution in [0.5, 0.6) is 0 Å². The molecule has 0 aliphatic heterocycles. The fourth-order valence-electron chi connectivity index (χ4n) is 1.16. The van der Waals surface area contributed by atoms with Crippen molar-refractivity contribution in [1.29, 1.82) is 0 Å². The van der Waals surface area contributed by atoms with E-state index in [0.29, 0.717) is 5.82 Å². The minimum Gasteiger partial charge on any atom is -0.373 e. The van der Waals surface area contributed by atoms with Crippen molar-refractivity contribution in [1.82, 2.24) is 9.71 Å². The molecule has 0 radical (unpaired) electrons. The van der Waals surface area contributed by atoms with Gasteiger partial charge in [0.2, 0.25) is 10.0 Å². The van der Waals surface area contributed by atoms with Gasteiger partial charge >= 0.3 is 0 Å². The van der Waals surface area contributed by atoms with E-state index in [2.05, 4.69) is 15.0 Å². The summed E-state index contributed by atoms with van der Waals surface area (Å²) >= 11 is 0. The first kappa shape index (κ1) is 14.9. The highest BCUT2D eigenvalue weighted by Gasteiger charge is 2.26. The second-order valence-corrected chi connectivity index (χ2v) is 7.05. The highest BCUT2D eigenvalue weighted by molar-refractivity contribution is 7.89. The Bertz CT molecular complexity index is 489. The van der Waals surface area contributed by atoms with Crippen molar-refractivity contribution in [2.45, 2.75) is 38.6 Å². The van der Waals surface area contributed by atoms with Crippen molar-refractivity contribution in [3.8, 4) is 0 Å². The number of pyridine rings is 1. The largest absolute Gasteiger partial charge is 0.373 e. The van der Waals surface area contributed by atoms with Crippen molar-refractivity contribution in [2.24, 2.45) is 5.41 Å². The van der Waals surface area contributed by atoms with Crippen molar-refractivity contribution < 1.29 is 8.42 Å². The van der Waals surface area contributed by atoms with Crippen molar-refractivity contribution in [3.63, 3.8) is 0 Å². The maximum absolute atomic E-state index is 12.1. The number of hydrogen-bond acceptors (Lipinski definition) is 4. The smallest absolute Gasteiger partial charge is 0.242 e. The van der Waals surface area contributed by atoms with Crippen LogP contribution in [0, 0.1) is 5.41 Å². The summed E-state index contributed by atoms with van der Waals surface area (Å²) in [7, 11) is -1.78. The van der Waals surface area contributed by atoms with E-state index in [1.165, 1.54) is 12.3 Å². The normalized spacial score (nSPS) is 14.3. The predicted molar refractivity (Wildman–Crippen MR) is 73.0 cm³/mol. The van der Waals surface area contributed by atoms with Gasteiger partial charge in [-0.15, -0.1) is 0 Å². The minimum atomic E-state index is -3.51. The zero-order valence-corrected chi connectivity index (χ0v) is 12.3. The minimum absolute atomic E-state index is 0.134. The van der Waals surface area contributed by atoms with Crippen LogP contribution >= 0.6 is 0 Å². The number of sulfonamides is 1. The summed E-state index contributed by atoms with van der Waals surface area (Å²) in [6.45, 7) is 7.82. The highest BCUT2D eigenvalue weighted by atomic mass is 32.2. The van der Waals surface area contributed by atoms with Gasteiger partial charge in [-0.3, -0.25) is 0 Å². The molecule has 0 amide bonds. The maximum atomic E-state index is 12.1. The van der Waals surface area contributed by atoms with Crippen LogP contribution in [0.4, 0.5) is 5.82 Å². The highest BCUT2D eigenvalue weighted by Crippen LogP contribution is 2.21. The molecule has 0 aromatic carbocycles. The first-order valence-corrected chi connectivity index (χ1v) is 7.31. The summed E-state index contributed by atoms with van der Waals surface area (Å²) in [5.74, 6) is 0.637. The Hall–Kier alpha value is -1.14. The summed E-state index contributed by atoms with van der Waals surface area (Å²) in [4.78, 5) is 4.18. The number of nitrogens with zero attached hydrogens (tertiary/aromatic N) is 1. The van der Waals surface area contributed by atoms with E-state index >= 15 is 0 Å². The molecule has 0 saturated heterocycles. The van der Waals surface area contributed by atoms with Crippen LogP contribution in [0.15, 0.2) is 23.2 Å². The van der Waals surface area contributed by atoms with Crippen LogP contribution in [-0.4, -0.2) is 26.5 Å². The van der Waals surface area contributed by atoms with Crippen LogP contribution in [0.2, 0.25) is 0 Å². The Morgan fingerprint density at radius 1 is 1.28 bits per heavy atom. The molecule has 1 unspecified atom stereocenters. The second-order valence-electron chi connectivity index (χ2n) is 5.34. The molecule has 2 N–H and O–H groups in total. The van der Waals surface area contributed by atoms with Gasteiger partial charge in [-0.05, 0) is 24.5 Å². The van der Waals surface area contributed by atoms with E-state index in [-0.39, 0.29) is 16.4 Å². The van der Waals surface area contributed by atoms with E-state index in [0.717, 1.165) is 0 Å². The molecule has 102 valence electrons. The molecule has 1 heterocycles. The van der Waals surface area contributed by atoms with E-state index in [4.69, 9.17) is 0 Å². The van der Waals surface area contributed by atoms with Gasteiger partial charge < -0.3 is 5.32 Å². The molecule has 1 atom stereocenters. The lowest BCUT2D eigenvalue weighted by molar-refractivity contribution is 0.317. The van der Waals surface area contributed by atoms with Gasteiger partial charge in [0, 0.05) is 19.3 Å². The lowest BCUT2D eigenvalue weighted by Crippen LogP contribution is -2.41. The zero-order chi connectivity index (χ0) is 14.0. The summed E-state index contributed by atoms with van der Waals surface area (Å²) in [5, 5.41) is 2.84. The lowest BCUT2D eigenvalue weighted by Gasteiger charge is -2.27. The Balaban J connectivity index is 2.93. The topological polar surface area (TPSA) is 71.1 Å². The number of rotatable bonds is 4. The fourth-order valence-corrected chi connectivity index (χ4v) is 2.56. The maximum Gasteiger partial charge on any atom is 0.242 e. The van der Waals surface area contributed by atoms with Gasteiger partial charge in [-0.25, -0.2) is 18.1 Å². The number of nitrogens with one attached hydrogen (secondary N) is 2. The molecule has 1 aromatic rings. The Morgan fingerprint density at radius 2 is 1.89 bits per heavy atom. The van der Waals surface area contributed by atoms with Crippen LogP contribution in [0.25, 0.3) is 0 Å². The van der Waals surface area contributed by atoms with Gasteiger partial charge in [0.15, 0.2) is 0 Å². The molecular weight excluding hydrogens is 250 g/mol. The monoisotopic (exact) mass is 271 g/mol. The van der Waals surface area contributed by atoms with Gasteiger partial charge in [-0.2, -0.15) is 0 Å². The van der Waals surface area contributed by atoms with E-state index in [9.17, 15) is 8.42 Å². The molecule has 18 heavy (non-hydrogen) atoms. The standard InChI is InChI=1S/C12H21N3O2S/c1-9(12(2,3)4)15-18(16,17)10-6-7-11(13-5)14-8-10/h6-9,15H,1-5H3,(H,13,14). The first-order valence-electron chi connectivity index (χ1n) is 5.83. The van der Waals surface area contributed by atoms with Crippen molar-refractivity contribution in [2.75, 3.05) is 12.4 Å². The molecular formula is C12H21N3O2S. The Labute approximate surface area is 109 Å². The molecule has 5 nitrogen and oxygen atoms in total. The average Bonchev–Trinajstić information content (AvgIpc) is 2.27. The molecule has 1 aromatic heterocycles. The third-order valence-corrected chi connectivity index (χ3v) is 4.46. The first-order chi connectivity index (χ1) is 8.16. The van der Waals surface area contributed by atoms with E-state index in [1.807, 2.05) is 27.7 Å². The van der Waals surface area contributed by atoms with E-state index < -0.39 is 10.0 Å². The number of anilines is 1. The molecule has 1 rings (SSSR count). The molecule has 0 fully saturated rings. The molecule has 6 heteroatoms. The van der Waals surface area contributed by atoms with Crippen molar-refractivity contribution in [3.05, 3.63) is 18.3 Å². The number of hydrogen-bond donors (Lipinski definition) is 2. The summed E-state index contributed by atoms with van der Waals surface area (Å²) in [6, 6.07) is 3.01. The summed E-state index contributed by atoms with van der Waals surface area (Å²) in [6.07, 6.45) is 1.35. The molecule has 0 aliphatic carbocycles. The quantitative estimate of drug-likeness (QED) is 0.876. The summed E-state index contributed by atoms with van der Waals surface area (Å²) < 4.78 is 26.9.